The predicted octanol–water partition coefficient (Wildman–Crippen LogP) is 5.15. The number of carbonyl (C=O) groups is 2. The van der Waals surface area contributed by atoms with E-state index in [1.807, 2.05) is 76.2 Å². The fourth-order valence-corrected chi connectivity index (χ4v) is 3.93. The van der Waals surface area contributed by atoms with Gasteiger partial charge in [0.05, 0.1) is 5.75 Å². The number of nitrogens with zero attached hydrogens (tertiary/aromatic N) is 1. The van der Waals surface area contributed by atoms with Gasteiger partial charge in [-0.05, 0) is 51.0 Å². The molecule has 4 nitrogen and oxygen atoms in total. The maximum atomic E-state index is 13.2. The summed E-state index contributed by atoms with van der Waals surface area (Å²) in [5.74, 6) is 0.0214. The topological polar surface area (TPSA) is 49.4 Å². The number of thioether (sulfide) groups is 1. The van der Waals surface area contributed by atoms with Crippen molar-refractivity contribution in [3.05, 3.63) is 65.2 Å². The summed E-state index contributed by atoms with van der Waals surface area (Å²) in [5.41, 5.74) is 0.455. The van der Waals surface area contributed by atoms with Crippen LogP contribution in [0.2, 0.25) is 5.02 Å². The fourth-order valence-electron chi connectivity index (χ4n) is 2.93. The van der Waals surface area contributed by atoms with E-state index in [1.165, 1.54) is 11.8 Å². The average molecular weight is 433 g/mol. The minimum absolute atomic E-state index is 0.0883. The van der Waals surface area contributed by atoms with Crippen LogP contribution in [0, 0.1) is 0 Å². The molecule has 29 heavy (non-hydrogen) atoms. The Hall–Kier alpha value is -1.98. The lowest BCUT2D eigenvalue weighted by molar-refractivity contribution is -0.140. The number of benzene rings is 2. The summed E-state index contributed by atoms with van der Waals surface area (Å²) in [6, 6.07) is 16.6. The van der Waals surface area contributed by atoms with Crippen LogP contribution in [0.5, 0.6) is 0 Å². The molecular formula is C23H29ClN2O2S. The Labute approximate surface area is 183 Å². The first-order valence-electron chi connectivity index (χ1n) is 9.74. The number of rotatable bonds is 8. The largest absolute Gasteiger partial charge is 0.350 e. The van der Waals surface area contributed by atoms with Gasteiger partial charge in [0.2, 0.25) is 11.8 Å². The first-order valence-corrected chi connectivity index (χ1v) is 11.1. The van der Waals surface area contributed by atoms with E-state index in [-0.39, 0.29) is 23.1 Å². The van der Waals surface area contributed by atoms with Gasteiger partial charge in [-0.2, -0.15) is 0 Å². The van der Waals surface area contributed by atoms with E-state index in [1.54, 1.807) is 11.0 Å². The summed E-state index contributed by atoms with van der Waals surface area (Å²) in [6.07, 6.45) is 0.522. The summed E-state index contributed by atoms with van der Waals surface area (Å²) >= 11 is 7.80. The lowest BCUT2D eigenvalue weighted by Gasteiger charge is -2.33. The fraction of sp³-hybridized carbons (Fsp3) is 0.391. The van der Waals surface area contributed by atoms with E-state index in [0.29, 0.717) is 18.0 Å². The van der Waals surface area contributed by atoms with E-state index in [9.17, 15) is 9.59 Å². The lowest BCUT2D eigenvalue weighted by Crippen LogP contribution is -2.53. The Bertz CT molecular complexity index is 821. The van der Waals surface area contributed by atoms with Crippen molar-refractivity contribution in [3.63, 3.8) is 0 Å². The van der Waals surface area contributed by atoms with Crippen molar-refractivity contribution in [2.45, 2.75) is 57.1 Å². The van der Waals surface area contributed by atoms with Crippen molar-refractivity contribution in [3.8, 4) is 0 Å². The molecule has 156 valence electrons. The Kier molecular flexibility index (Phi) is 8.60. The van der Waals surface area contributed by atoms with E-state index >= 15 is 0 Å². The third-order valence-corrected chi connectivity index (χ3v) is 5.65. The molecule has 0 aliphatic carbocycles. The molecule has 2 amide bonds. The number of amides is 2. The lowest BCUT2D eigenvalue weighted by atomic mass is 10.1. The molecule has 0 saturated carbocycles. The molecule has 1 N–H and O–H groups in total. The summed E-state index contributed by atoms with van der Waals surface area (Å²) < 4.78 is 0. The highest BCUT2D eigenvalue weighted by Gasteiger charge is 2.30. The molecule has 2 aromatic carbocycles. The molecule has 0 bridgehead atoms. The standard InChI is InChI=1S/C23H29ClN2O2S/c1-5-20(22(28)25-23(2,3)4)26(15-17-11-9-10-14-19(17)24)21(27)16-29-18-12-7-6-8-13-18/h6-14,20H,5,15-16H2,1-4H3,(H,25,28)/t20-/m1/s1. The zero-order valence-corrected chi connectivity index (χ0v) is 19.0. The zero-order chi connectivity index (χ0) is 21.4. The molecule has 1 atom stereocenters. The van der Waals surface area contributed by atoms with Gasteiger partial charge in [-0.1, -0.05) is 54.9 Å². The van der Waals surface area contributed by atoms with Crippen molar-refractivity contribution in [2.75, 3.05) is 5.75 Å². The number of hydrogen-bond acceptors (Lipinski definition) is 3. The first-order chi connectivity index (χ1) is 13.7. The smallest absolute Gasteiger partial charge is 0.243 e. The molecule has 2 aromatic rings. The molecule has 2 rings (SSSR count). The van der Waals surface area contributed by atoms with Crippen LogP contribution in [0.3, 0.4) is 0 Å². The normalized spacial score (nSPS) is 12.3. The summed E-state index contributed by atoms with van der Waals surface area (Å²) in [5, 5.41) is 3.60. The number of hydrogen-bond donors (Lipinski definition) is 1. The summed E-state index contributed by atoms with van der Waals surface area (Å²) in [7, 11) is 0. The summed E-state index contributed by atoms with van der Waals surface area (Å²) in [6.45, 7) is 8.02. The molecule has 6 heteroatoms. The van der Waals surface area contributed by atoms with Crippen molar-refractivity contribution in [2.24, 2.45) is 0 Å². The van der Waals surface area contributed by atoms with Gasteiger partial charge < -0.3 is 10.2 Å². The minimum Gasteiger partial charge on any atom is -0.350 e. The van der Waals surface area contributed by atoms with Gasteiger partial charge in [0, 0.05) is 22.0 Å². The number of carbonyl (C=O) groups excluding carboxylic acids is 2. The molecule has 0 fully saturated rings. The van der Waals surface area contributed by atoms with Crippen LogP contribution < -0.4 is 5.32 Å². The summed E-state index contributed by atoms with van der Waals surface area (Å²) in [4.78, 5) is 28.8. The Balaban J connectivity index is 2.24. The van der Waals surface area contributed by atoms with Crippen molar-refractivity contribution in [1.82, 2.24) is 10.2 Å². The Morgan fingerprint density at radius 1 is 1.07 bits per heavy atom. The molecule has 0 heterocycles. The molecule has 0 aliphatic heterocycles. The van der Waals surface area contributed by atoms with Gasteiger partial charge in [0.15, 0.2) is 0 Å². The van der Waals surface area contributed by atoms with Gasteiger partial charge in [0.25, 0.3) is 0 Å². The number of nitrogens with one attached hydrogen (secondary N) is 1. The average Bonchev–Trinajstić information content (AvgIpc) is 2.67. The molecule has 0 aliphatic rings. The van der Waals surface area contributed by atoms with Crippen LogP contribution in [0.15, 0.2) is 59.5 Å². The maximum absolute atomic E-state index is 13.2. The zero-order valence-electron chi connectivity index (χ0n) is 17.4. The van der Waals surface area contributed by atoms with Crippen molar-refractivity contribution >= 4 is 35.2 Å². The van der Waals surface area contributed by atoms with Crippen LogP contribution in [0.25, 0.3) is 0 Å². The van der Waals surface area contributed by atoms with E-state index in [2.05, 4.69) is 5.32 Å². The second kappa shape index (κ2) is 10.7. The Morgan fingerprint density at radius 3 is 2.28 bits per heavy atom. The van der Waals surface area contributed by atoms with Crippen LogP contribution in [-0.4, -0.2) is 34.0 Å². The highest BCUT2D eigenvalue weighted by Crippen LogP contribution is 2.23. The van der Waals surface area contributed by atoms with Crippen LogP contribution >= 0.6 is 23.4 Å². The molecule has 0 radical (unpaired) electrons. The SMILES string of the molecule is CC[C@H](C(=O)NC(C)(C)C)N(Cc1ccccc1Cl)C(=O)CSc1ccccc1. The van der Waals surface area contributed by atoms with Crippen LogP contribution in [0.1, 0.15) is 39.7 Å². The quantitative estimate of drug-likeness (QED) is 0.586. The van der Waals surface area contributed by atoms with Crippen molar-refractivity contribution < 1.29 is 9.59 Å². The molecular weight excluding hydrogens is 404 g/mol. The molecule has 0 saturated heterocycles. The third kappa shape index (κ3) is 7.41. The highest BCUT2D eigenvalue weighted by molar-refractivity contribution is 8.00. The Morgan fingerprint density at radius 2 is 1.69 bits per heavy atom. The van der Waals surface area contributed by atoms with E-state index < -0.39 is 6.04 Å². The second-order valence-corrected chi connectivity index (χ2v) is 9.33. The van der Waals surface area contributed by atoms with Crippen LogP contribution in [0.4, 0.5) is 0 Å². The van der Waals surface area contributed by atoms with E-state index in [4.69, 9.17) is 11.6 Å². The molecule has 0 unspecified atom stereocenters. The van der Waals surface area contributed by atoms with Gasteiger partial charge in [-0.15, -0.1) is 11.8 Å². The van der Waals surface area contributed by atoms with Crippen LogP contribution in [-0.2, 0) is 16.1 Å². The number of halogens is 1. The third-order valence-electron chi connectivity index (χ3n) is 4.29. The van der Waals surface area contributed by atoms with Crippen molar-refractivity contribution in [1.29, 1.82) is 0 Å². The van der Waals surface area contributed by atoms with Gasteiger partial charge in [-0.25, -0.2) is 0 Å². The second-order valence-electron chi connectivity index (χ2n) is 7.88. The van der Waals surface area contributed by atoms with E-state index in [0.717, 1.165) is 10.5 Å². The maximum Gasteiger partial charge on any atom is 0.243 e. The highest BCUT2D eigenvalue weighted by atomic mass is 35.5. The minimum atomic E-state index is -0.561. The van der Waals surface area contributed by atoms with Gasteiger partial charge in [-0.3, -0.25) is 9.59 Å². The van der Waals surface area contributed by atoms with Gasteiger partial charge in [0.1, 0.15) is 6.04 Å². The molecule has 0 spiro atoms. The predicted molar refractivity (Wildman–Crippen MR) is 121 cm³/mol. The first kappa shape index (κ1) is 23.3. The molecule has 0 aromatic heterocycles. The van der Waals surface area contributed by atoms with Gasteiger partial charge >= 0.3 is 0 Å². The monoisotopic (exact) mass is 432 g/mol.